The molecule has 2 aromatic carbocycles. The van der Waals surface area contributed by atoms with Crippen LogP contribution < -0.4 is 10.1 Å². The molecule has 0 saturated carbocycles. The van der Waals surface area contributed by atoms with E-state index in [1.807, 2.05) is 30.5 Å². The van der Waals surface area contributed by atoms with E-state index in [-0.39, 0.29) is 13.2 Å². The van der Waals surface area contributed by atoms with E-state index in [0.29, 0.717) is 31.9 Å². The Hall–Kier alpha value is -2.55. The molecule has 31 heavy (non-hydrogen) atoms. The maximum Gasteiger partial charge on any atom is 0.416 e. The van der Waals surface area contributed by atoms with Gasteiger partial charge in [0.15, 0.2) is 0 Å². The predicted molar refractivity (Wildman–Crippen MR) is 113 cm³/mol. The average Bonchev–Trinajstić information content (AvgIpc) is 3.15. The van der Waals surface area contributed by atoms with Gasteiger partial charge in [-0.05, 0) is 48.2 Å². The second-order valence-corrected chi connectivity index (χ2v) is 7.83. The smallest absolute Gasteiger partial charge is 0.416 e. The highest BCUT2D eigenvalue weighted by molar-refractivity contribution is 5.81. The number of aliphatic hydroxyl groups excluding tert-OH is 2. The summed E-state index contributed by atoms with van der Waals surface area (Å²) in [5.74, 6) is 0.683. The number of alkyl halides is 3. The lowest BCUT2D eigenvalue weighted by Crippen LogP contribution is -2.49. The van der Waals surface area contributed by atoms with Crippen molar-refractivity contribution in [1.29, 1.82) is 0 Å². The number of ether oxygens (including phenoxy) is 1. The van der Waals surface area contributed by atoms with E-state index >= 15 is 0 Å². The van der Waals surface area contributed by atoms with E-state index < -0.39 is 17.3 Å². The minimum absolute atomic E-state index is 0.160. The zero-order chi connectivity index (χ0) is 22.5. The molecule has 0 aliphatic rings. The average molecular weight is 436 g/mol. The van der Waals surface area contributed by atoms with Crippen LogP contribution in [0.2, 0.25) is 0 Å². The van der Waals surface area contributed by atoms with Crippen LogP contribution in [0, 0.1) is 0 Å². The normalized spacial score (nSPS) is 12.5. The van der Waals surface area contributed by atoms with Crippen molar-refractivity contribution in [3.63, 3.8) is 0 Å². The summed E-state index contributed by atoms with van der Waals surface area (Å²) in [5, 5.41) is 23.0. The first-order chi connectivity index (χ1) is 14.7. The van der Waals surface area contributed by atoms with Gasteiger partial charge in [-0.1, -0.05) is 12.1 Å². The number of nitrogens with one attached hydrogen (secondary N) is 1. The first-order valence-corrected chi connectivity index (χ1v) is 10.1. The highest BCUT2D eigenvalue weighted by atomic mass is 19.4. The van der Waals surface area contributed by atoms with Gasteiger partial charge in [-0.15, -0.1) is 0 Å². The zero-order valence-corrected chi connectivity index (χ0v) is 17.3. The third-order valence-corrected chi connectivity index (χ3v) is 5.29. The fourth-order valence-electron chi connectivity index (χ4n) is 3.24. The van der Waals surface area contributed by atoms with Gasteiger partial charge in [0.05, 0.1) is 36.4 Å². The summed E-state index contributed by atoms with van der Waals surface area (Å²) in [6.45, 7) is 3.00. The van der Waals surface area contributed by atoms with Crippen LogP contribution in [0.5, 0.6) is 5.75 Å². The Bertz CT molecular complexity index is 980. The third-order valence-electron chi connectivity index (χ3n) is 5.29. The van der Waals surface area contributed by atoms with E-state index in [1.54, 1.807) is 6.92 Å². The van der Waals surface area contributed by atoms with E-state index in [9.17, 15) is 23.4 Å². The summed E-state index contributed by atoms with van der Waals surface area (Å²) >= 11 is 0. The summed E-state index contributed by atoms with van der Waals surface area (Å²) in [6.07, 6.45) is -1.86. The Morgan fingerprint density at radius 2 is 1.71 bits per heavy atom. The number of nitrogens with zero attached hydrogens (tertiary/aromatic N) is 1. The molecular weight excluding hydrogens is 409 g/mol. The van der Waals surface area contributed by atoms with E-state index in [0.717, 1.165) is 28.6 Å². The van der Waals surface area contributed by atoms with Crippen molar-refractivity contribution in [3.05, 3.63) is 65.9 Å². The van der Waals surface area contributed by atoms with Gasteiger partial charge >= 0.3 is 6.18 Å². The molecular formula is C23H27F3N2O3. The number of fused-ring (bicyclic) bond motifs is 1. The van der Waals surface area contributed by atoms with Gasteiger partial charge in [-0.3, -0.25) is 0 Å². The van der Waals surface area contributed by atoms with Crippen LogP contribution in [-0.2, 0) is 19.1 Å². The maximum atomic E-state index is 12.6. The van der Waals surface area contributed by atoms with Gasteiger partial charge < -0.3 is 24.8 Å². The minimum Gasteiger partial charge on any atom is -0.493 e. The Morgan fingerprint density at radius 1 is 1.00 bits per heavy atom. The Kier molecular flexibility index (Phi) is 7.25. The van der Waals surface area contributed by atoms with Gasteiger partial charge in [-0.25, -0.2) is 0 Å². The number of benzene rings is 2. The molecule has 8 heteroatoms. The summed E-state index contributed by atoms with van der Waals surface area (Å²) in [4.78, 5) is 0. The molecule has 5 nitrogen and oxygen atoms in total. The summed E-state index contributed by atoms with van der Waals surface area (Å²) in [6, 6.07) is 12.9. The van der Waals surface area contributed by atoms with E-state index in [4.69, 9.17) is 4.74 Å². The molecule has 3 rings (SSSR count). The molecule has 0 bridgehead atoms. The lowest BCUT2D eigenvalue weighted by Gasteiger charge is -2.26. The number of aromatic nitrogens is 1. The standard InChI is InChI=1S/C23H27F3N2O3/c1-22(15-29,16-30)27-10-12-28-11-8-18-4-7-20(14-21(18)28)31-13-9-17-2-5-19(6-3-17)23(24,25)26/h2-8,11,14,27,29-30H,9-10,12-13,15-16H2,1H3. The molecule has 0 fully saturated rings. The topological polar surface area (TPSA) is 66.7 Å². The monoisotopic (exact) mass is 436 g/mol. The van der Waals surface area contributed by atoms with Crippen molar-refractivity contribution in [3.8, 4) is 5.75 Å². The number of rotatable bonds is 10. The summed E-state index contributed by atoms with van der Waals surface area (Å²) in [5.41, 5.74) is 0.384. The highest BCUT2D eigenvalue weighted by Gasteiger charge is 2.29. The first-order valence-electron chi connectivity index (χ1n) is 10.1. The Balaban J connectivity index is 1.57. The molecule has 168 valence electrons. The molecule has 3 N–H and O–H groups in total. The number of hydrogen-bond donors (Lipinski definition) is 3. The van der Waals surface area contributed by atoms with Crippen LogP contribution in [0.15, 0.2) is 54.7 Å². The molecule has 0 atom stereocenters. The van der Waals surface area contributed by atoms with Crippen molar-refractivity contribution < 1.29 is 28.1 Å². The molecule has 1 heterocycles. The molecule has 0 aliphatic carbocycles. The lowest BCUT2D eigenvalue weighted by molar-refractivity contribution is -0.137. The molecule has 0 aliphatic heterocycles. The van der Waals surface area contributed by atoms with E-state index in [1.165, 1.54) is 12.1 Å². The van der Waals surface area contributed by atoms with Crippen LogP contribution in [0.3, 0.4) is 0 Å². The molecule has 3 aromatic rings. The third kappa shape index (κ3) is 6.00. The minimum atomic E-state index is -4.33. The van der Waals surface area contributed by atoms with Crippen LogP contribution in [0.1, 0.15) is 18.1 Å². The largest absolute Gasteiger partial charge is 0.493 e. The van der Waals surface area contributed by atoms with Crippen molar-refractivity contribution in [2.24, 2.45) is 0 Å². The van der Waals surface area contributed by atoms with Crippen LogP contribution in [-0.4, -0.2) is 46.7 Å². The van der Waals surface area contributed by atoms with E-state index in [2.05, 4.69) is 9.88 Å². The summed E-state index contributed by atoms with van der Waals surface area (Å²) in [7, 11) is 0. The molecule has 0 spiro atoms. The van der Waals surface area contributed by atoms with Crippen molar-refractivity contribution in [2.45, 2.75) is 31.6 Å². The first kappa shape index (κ1) is 23.1. The Labute approximate surface area is 179 Å². The Morgan fingerprint density at radius 3 is 2.35 bits per heavy atom. The van der Waals surface area contributed by atoms with Crippen LogP contribution in [0.25, 0.3) is 10.9 Å². The molecule has 1 aromatic heterocycles. The van der Waals surface area contributed by atoms with Crippen molar-refractivity contribution in [2.75, 3.05) is 26.4 Å². The fourth-order valence-corrected chi connectivity index (χ4v) is 3.24. The lowest BCUT2D eigenvalue weighted by atomic mass is 10.1. The fraction of sp³-hybridized carbons (Fsp3) is 0.391. The molecule has 0 amide bonds. The van der Waals surface area contributed by atoms with Gasteiger partial charge in [-0.2, -0.15) is 13.2 Å². The zero-order valence-electron chi connectivity index (χ0n) is 17.3. The molecule has 0 radical (unpaired) electrons. The van der Waals surface area contributed by atoms with Gasteiger partial charge in [0, 0.05) is 31.8 Å². The van der Waals surface area contributed by atoms with Crippen molar-refractivity contribution >= 4 is 10.9 Å². The van der Waals surface area contributed by atoms with Crippen LogP contribution in [0.4, 0.5) is 13.2 Å². The second kappa shape index (κ2) is 9.72. The quantitative estimate of drug-likeness (QED) is 0.454. The van der Waals surface area contributed by atoms with Crippen molar-refractivity contribution in [1.82, 2.24) is 9.88 Å². The molecule has 0 saturated heterocycles. The second-order valence-electron chi connectivity index (χ2n) is 7.83. The SMILES string of the molecule is CC(CO)(CO)NCCn1ccc2ccc(OCCc3ccc(C(F)(F)F)cc3)cc21. The highest BCUT2D eigenvalue weighted by Crippen LogP contribution is 2.29. The number of hydrogen-bond acceptors (Lipinski definition) is 4. The molecule has 0 unspecified atom stereocenters. The van der Waals surface area contributed by atoms with Gasteiger partial charge in [0.25, 0.3) is 0 Å². The maximum absolute atomic E-state index is 12.6. The summed E-state index contributed by atoms with van der Waals surface area (Å²) < 4.78 is 45.8. The predicted octanol–water partition coefficient (Wildman–Crippen LogP) is 3.61. The van der Waals surface area contributed by atoms with Gasteiger partial charge in [0.1, 0.15) is 5.75 Å². The number of aliphatic hydroxyl groups is 2. The van der Waals surface area contributed by atoms with Crippen LogP contribution >= 0.6 is 0 Å². The number of halogens is 3. The van der Waals surface area contributed by atoms with Gasteiger partial charge in [0.2, 0.25) is 0 Å².